The maximum absolute atomic E-state index is 12.6. The number of carbonyl (C=O) groups is 2. The van der Waals surface area contributed by atoms with Crippen molar-refractivity contribution in [2.24, 2.45) is 0 Å². The Hall–Kier alpha value is -2.64. The molecule has 0 bridgehead atoms. The lowest BCUT2D eigenvalue weighted by Crippen LogP contribution is -2.46. The fourth-order valence-electron chi connectivity index (χ4n) is 3.21. The quantitative estimate of drug-likeness (QED) is 0.871. The van der Waals surface area contributed by atoms with Gasteiger partial charge in [-0.15, -0.1) is 5.10 Å². The van der Waals surface area contributed by atoms with Crippen LogP contribution in [0, 0.1) is 0 Å². The van der Waals surface area contributed by atoms with Crippen molar-refractivity contribution in [1.29, 1.82) is 0 Å². The predicted octanol–water partition coefficient (Wildman–Crippen LogP) is 0.742. The Morgan fingerprint density at radius 2 is 2.12 bits per heavy atom. The number of rotatable bonds is 5. The third-order valence-electron chi connectivity index (χ3n) is 4.41. The summed E-state index contributed by atoms with van der Waals surface area (Å²) in [6, 6.07) is 5.14. The van der Waals surface area contributed by atoms with E-state index >= 15 is 0 Å². The highest BCUT2D eigenvalue weighted by Gasteiger charge is 2.27. The average Bonchev–Trinajstić information content (AvgIpc) is 2.89. The number of piperidine rings is 1. The molecule has 0 radical (unpaired) electrons. The zero-order chi connectivity index (χ0) is 17.1. The molecule has 3 heterocycles. The maximum atomic E-state index is 12.6. The van der Waals surface area contributed by atoms with Gasteiger partial charge in [0, 0.05) is 25.2 Å². The van der Waals surface area contributed by atoms with Crippen molar-refractivity contribution in [1.82, 2.24) is 19.1 Å². The molecule has 0 saturated carbocycles. The van der Waals surface area contributed by atoms with Crippen LogP contribution in [0.25, 0.3) is 5.65 Å². The van der Waals surface area contributed by atoms with E-state index in [0.717, 1.165) is 19.3 Å². The van der Waals surface area contributed by atoms with E-state index < -0.39 is 5.97 Å². The number of carbonyl (C=O) groups excluding carboxylic acids is 1. The van der Waals surface area contributed by atoms with Gasteiger partial charge in [0.1, 0.15) is 6.54 Å². The van der Waals surface area contributed by atoms with Crippen LogP contribution in [0.2, 0.25) is 0 Å². The third-order valence-corrected chi connectivity index (χ3v) is 4.41. The van der Waals surface area contributed by atoms with E-state index in [1.165, 1.54) is 9.08 Å². The zero-order valence-corrected chi connectivity index (χ0v) is 13.3. The summed E-state index contributed by atoms with van der Waals surface area (Å²) < 4.78 is 2.56. The molecule has 0 spiro atoms. The van der Waals surface area contributed by atoms with Gasteiger partial charge in [-0.1, -0.05) is 6.07 Å². The lowest BCUT2D eigenvalue weighted by molar-refractivity contribution is -0.140. The van der Waals surface area contributed by atoms with Crippen molar-refractivity contribution in [3.63, 3.8) is 0 Å². The van der Waals surface area contributed by atoms with Gasteiger partial charge in [-0.05, 0) is 37.8 Å². The normalized spacial score (nSPS) is 18.0. The number of likely N-dealkylation sites (tertiary alicyclic amines) is 1. The first-order chi connectivity index (χ1) is 11.6. The Balaban J connectivity index is 1.75. The molecule has 0 aliphatic carbocycles. The number of fused-ring (bicyclic) bond motifs is 1. The molecule has 128 valence electrons. The van der Waals surface area contributed by atoms with E-state index in [9.17, 15) is 14.4 Å². The van der Waals surface area contributed by atoms with Crippen LogP contribution < -0.4 is 5.69 Å². The summed E-state index contributed by atoms with van der Waals surface area (Å²) in [4.78, 5) is 37.4. The summed E-state index contributed by atoms with van der Waals surface area (Å²) in [5, 5.41) is 13.0. The predicted molar refractivity (Wildman–Crippen MR) is 85.7 cm³/mol. The number of amides is 1. The van der Waals surface area contributed by atoms with Crippen LogP contribution in [0.4, 0.5) is 0 Å². The van der Waals surface area contributed by atoms with Crippen LogP contribution in [0.3, 0.4) is 0 Å². The molecule has 1 amide bonds. The van der Waals surface area contributed by atoms with Crippen LogP contribution in [0.15, 0.2) is 29.2 Å². The van der Waals surface area contributed by atoms with E-state index in [4.69, 9.17) is 5.11 Å². The van der Waals surface area contributed by atoms with Crippen molar-refractivity contribution in [3.8, 4) is 0 Å². The Bertz CT molecular complexity index is 810. The molecule has 1 aliphatic rings. The molecule has 1 atom stereocenters. The maximum Gasteiger partial charge on any atom is 0.350 e. The Kier molecular flexibility index (Phi) is 4.64. The van der Waals surface area contributed by atoms with Crippen LogP contribution in [0.5, 0.6) is 0 Å². The zero-order valence-electron chi connectivity index (χ0n) is 13.3. The Morgan fingerprint density at radius 3 is 2.88 bits per heavy atom. The molecule has 24 heavy (non-hydrogen) atoms. The second-order valence-electron chi connectivity index (χ2n) is 6.04. The number of aliphatic carboxylic acids is 1. The van der Waals surface area contributed by atoms with Gasteiger partial charge in [0.05, 0.1) is 0 Å². The molecule has 2 aromatic rings. The molecule has 0 aromatic carbocycles. The summed E-state index contributed by atoms with van der Waals surface area (Å²) in [5.41, 5.74) is 0.148. The first-order valence-electron chi connectivity index (χ1n) is 8.12. The van der Waals surface area contributed by atoms with Gasteiger partial charge in [0.15, 0.2) is 5.65 Å². The summed E-state index contributed by atoms with van der Waals surface area (Å²) in [6.45, 7) is 0.481. The smallest absolute Gasteiger partial charge is 0.350 e. The molecule has 1 aliphatic heterocycles. The number of carboxylic acid groups (broad SMARTS) is 1. The first-order valence-corrected chi connectivity index (χ1v) is 8.12. The van der Waals surface area contributed by atoms with Crippen molar-refractivity contribution >= 4 is 17.5 Å². The lowest BCUT2D eigenvalue weighted by Gasteiger charge is -2.35. The van der Waals surface area contributed by atoms with E-state index in [1.54, 1.807) is 29.3 Å². The average molecular weight is 332 g/mol. The molecule has 1 N–H and O–H groups in total. The fraction of sp³-hybridized carbons (Fsp3) is 0.500. The molecule has 3 rings (SSSR count). The second-order valence-corrected chi connectivity index (χ2v) is 6.04. The van der Waals surface area contributed by atoms with Gasteiger partial charge in [-0.2, -0.15) is 0 Å². The third kappa shape index (κ3) is 3.32. The van der Waals surface area contributed by atoms with Gasteiger partial charge in [0.2, 0.25) is 5.91 Å². The van der Waals surface area contributed by atoms with Crippen molar-refractivity contribution in [2.75, 3.05) is 6.54 Å². The second kappa shape index (κ2) is 6.86. The van der Waals surface area contributed by atoms with Crippen LogP contribution in [-0.2, 0) is 16.1 Å². The van der Waals surface area contributed by atoms with E-state index in [1.807, 2.05) is 0 Å². The molecule has 8 nitrogen and oxygen atoms in total. The van der Waals surface area contributed by atoms with Gasteiger partial charge in [-0.25, -0.2) is 9.48 Å². The Morgan fingerprint density at radius 1 is 1.29 bits per heavy atom. The SMILES string of the molecule is O=C(O)CC[C@H]1CCCCN1C(=O)Cn1nc2ccccn2c1=O. The topological polar surface area (TPSA) is 96.9 Å². The van der Waals surface area contributed by atoms with Gasteiger partial charge in [-0.3, -0.25) is 14.0 Å². The van der Waals surface area contributed by atoms with E-state index in [0.29, 0.717) is 18.6 Å². The molecular weight excluding hydrogens is 312 g/mol. The summed E-state index contributed by atoms with van der Waals surface area (Å²) >= 11 is 0. The van der Waals surface area contributed by atoms with Gasteiger partial charge in [0.25, 0.3) is 0 Å². The van der Waals surface area contributed by atoms with Crippen molar-refractivity contribution in [2.45, 2.75) is 44.7 Å². The highest BCUT2D eigenvalue weighted by Crippen LogP contribution is 2.21. The van der Waals surface area contributed by atoms with Crippen LogP contribution in [-0.4, -0.2) is 48.7 Å². The van der Waals surface area contributed by atoms with Gasteiger partial charge < -0.3 is 10.0 Å². The number of nitrogens with zero attached hydrogens (tertiary/aromatic N) is 4. The minimum atomic E-state index is -0.857. The minimum Gasteiger partial charge on any atom is -0.481 e. The standard InChI is InChI=1S/C16H20N4O4/c21-14(18-9-3-1-5-12(18)7-8-15(22)23)11-20-16(24)19-10-4-2-6-13(19)17-20/h2,4,6,10,12H,1,3,5,7-9,11H2,(H,22,23)/t12-/m1/s1. The summed E-state index contributed by atoms with van der Waals surface area (Å²) in [6.07, 6.45) is 4.79. The molecule has 1 saturated heterocycles. The van der Waals surface area contributed by atoms with E-state index in [-0.39, 0.29) is 30.6 Å². The first kappa shape index (κ1) is 16.2. The van der Waals surface area contributed by atoms with Crippen molar-refractivity contribution in [3.05, 3.63) is 34.9 Å². The molecule has 2 aromatic heterocycles. The molecular formula is C16H20N4O4. The highest BCUT2D eigenvalue weighted by molar-refractivity contribution is 5.76. The summed E-state index contributed by atoms with van der Waals surface area (Å²) in [7, 11) is 0. The summed E-state index contributed by atoms with van der Waals surface area (Å²) in [5.74, 6) is -1.04. The largest absolute Gasteiger partial charge is 0.481 e. The number of pyridine rings is 1. The van der Waals surface area contributed by atoms with Crippen LogP contribution in [0.1, 0.15) is 32.1 Å². The van der Waals surface area contributed by atoms with Crippen molar-refractivity contribution < 1.29 is 14.7 Å². The number of carboxylic acids is 1. The number of hydrogen-bond donors (Lipinski definition) is 1. The monoisotopic (exact) mass is 332 g/mol. The number of hydrogen-bond acceptors (Lipinski definition) is 4. The van der Waals surface area contributed by atoms with E-state index in [2.05, 4.69) is 5.10 Å². The van der Waals surface area contributed by atoms with Gasteiger partial charge >= 0.3 is 11.7 Å². The molecule has 1 fully saturated rings. The minimum absolute atomic E-state index is 0.0444. The molecule has 0 unspecified atom stereocenters. The highest BCUT2D eigenvalue weighted by atomic mass is 16.4. The number of aromatic nitrogens is 3. The Labute approximate surface area is 138 Å². The fourth-order valence-corrected chi connectivity index (χ4v) is 3.21. The van der Waals surface area contributed by atoms with Crippen LogP contribution >= 0.6 is 0 Å². The molecule has 8 heteroatoms. The lowest BCUT2D eigenvalue weighted by atomic mass is 9.98.